The van der Waals surface area contributed by atoms with Gasteiger partial charge >= 0.3 is 0 Å². The first kappa shape index (κ1) is 22.1. The number of benzene rings is 2. The fraction of sp³-hybridized carbons (Fsp3) is 0.238. The first-order valence-corrected chi connectivity index (χ1v) is 12.7. The minimum absolute atomic E-state index is 0.582. The van der Waals surface area contributed by atoms with E-state index in [2.05, 4.69) is 44.0 Å². The summed E-state index contributed by atoms with van der Waals surface area (Å²) in [5.41, 5.74) is 2.24. The molecule has 0 radical (unpaired) electrons. The van der Waals surface area contributed by atoms with Gasteiger partial charge in [0.2, 0.25) is 0 Å². The Kier molecular flexibility index (Phi) is 7.49. The van der Waals surface area contributed by atoms with Gasteiger partial charge in [0.25, 0.3) is 0 Å². The molecule has 0 atom stereocenters. The van der Waals surface area contributed by atoms with Crippen LogP contribution < -0.4 is 0 Å². The number of thioether (sulfide) groups is 2. The summed E-state index contributed by atoms with van der Waals surface area (Å²) in [6.07, 6.45) is 0. The van der Waals surface area contributed by atoms with E-state index < -0.39 is 0 Å². The minimum Gasteiger partial charge on any atom is -0.306 e. The molecule has 4 aromatic rings. The van der Waals surface area contributed by atoms with Gasteiger partial charge in [-0.05, 0) is 49.0 Å². The average Bonchev–Trinajstić information content (AvgIpc) is 3.36. The third kappa shape index (κ3) is 5.41. The molecule has 0 unspecified atom stereocenters. The van der Waals surface area contributed by atoms with Gasteiger partial charge in [-0.15, -0.1) is 22.0 Å². The molecule has 0 bridgehead atoms. The van der Waals surface area contributed by atoms with E-state index in [0.29, 0.717) is 10.5 Å². The maximum atomic E-state index is 5.96. The SMILES string of the molecule is CCn1c(CSCc2ccc(Cl)cc2)nnc1SCc1n[nH]c(=S)n1-c1ccccc1. The molecule has 2 aromatic carbocycles. The van der Waals surface area contributed by atoms with Crippen LogP contribution in [0, 0.1) is 4.77 Å². The number of aromatic amines is 1. The van der Waals surface area contributed by atoms with Crippen molar-refractivity contribution < 1.29 is 0 Å². The predicted octanol–water partition coefficient (Wildman–Crippen LogP) is 5.92. The van der Waals surface area contributed by atoms with E-state index in [1.807, 2.05) is 58.8 Å². The molecule has 0 saturated carbocycles. The number of halogens is 1. The summed E-state index contributed by atoms with van der Waals surface area (Å²) in [5, 5.41) is 17.8. The van der Waals surface area contributed by atoms with Crippen LogP contribution in [0.15, 0.2) is 59.8 Å². The molecule has 0 saturated heterocycles. The summed E-state index contributed by atoms with van der Waals surface area (Å²) in [6.45, 7) is 2.93. The van der Waals surface area contributed by atoms with Crippen molar-refractivity contribution in [3.63, 3.8) is 0 Å². The van der Waals surface area contributed by atoms with Crippen LogP contribution in [0.4, 0.5) is 0 Å². The lowest BCUT2D eigenvalue weighted by molar-refractivity contribution is 0.658. The fourth-order valence-electron chi connectivity index (χ4n) is 3.09. The third-order valence-electron chi connectivity index (χ3n) is 4.61. The zero-order chi connectivity index (χ0) is 21.6. The van der Waals surface area contributed by atoms with E-state index in [0.717, 1.165) is 45.6 Å². The van der Waals surface area contributed by atoms with Crippen LogP contribution >= 0.6 is 47.3 Å². The van der Waals surface area contributed by atoms with Crippen molar-refractivity contribution in [1.29, 1.82) is 0 Å². The Hall–Kier alpha value is -2.07. The van der Waals surface area contributed by atoms with Crippen molar-refractivity contribution in [3.05, 3.63) is 81.6 Å². The molecule has 0 amide bonds. The fourth-order valence-corrected chi connectivity index (χ4v) is 5.34. The van der Waals surface area contributed by atoms with E-state index >= 15 is 0 Å². The molecule has 2 heterocycles. The van der Waals surface area contributed by atoms with Gasteiger partial charge < -0.3 is 4.57 Å². The van der Waals surface area contributed by atoms with E-state index in [1.165, 1.54) is 5.56 Å². The zero-order valence-electron chi connectivity index (χ0n) is 16.9. The second-order valence-electron chi connectivity index (χ2n) is 6.67. The van der Waals surface area contributed by atoms with E-state index in [4.69, 9.17) is 23.8 Å². The Labute approximate surface area is 199 Å². The first-order chi connectivity index (χ1) is 15.2. The van der Waals surface area contributed by atoms with Crippen molar-refractivity contribution in [2.75, 3.05) is 0 Å². The summed E-state index contributed by atoms with van der Waals surface area (Å²) in [4.78, 5) is 0. The highest BCUT2D eigenvalue weighted by atomic mass is 35.5. The predicted molar refractivity (Wildman–Crippen MR) is 130 cm³/mol. The highest BCUT2D eigenvalue weighted by Gasteiger charge is 2.14. The second kappa shape index (κ2) is 10.5. The number of H-pyrrole nitrogens is 1. The summed E-state index contributed by atoms with van der Waals surface area (Å²) >= 11 is 14.8. The van der Waals surface area contributed by atoms with E-state index in [9.17, 15) is 0 Å². The van der Waals surface area contributed by atoms with Gasteiger partial charge in [-0.3, -0.25) is 9.67 Å². The Balaban J connectivity index is 1.42. The largest absolute Gasteiger partial charge is 0.306 e. The minimum atomic E-state index is 0.582. The van der Waals surface area contributed by atoms with Gasteiger partial charge in [0.1, 0.15) is 11.6 Å². The van der Waals surface area contributed by atoms with Crippen molar-refractivity contribution in [2.24, 2.45) is 0 Å². The smallest absolute Gasteiger partial charge is 0.199 e. The van der Waals surface area contributed by atoms with E-state index in [1.54, 1.807) is 11.8 Å². The Morgan fingerprint density at radius 2 is 1.74 bits per heavy atom. The average molecular weight is 489 g/mol. The number of nitrogens with one attached hydrogen (secondary N) is 1. The molecular formula is C21H21ClN6S3. The molecule has 0 fully saturated rings. The third-order valence-corrected chi connectivity index (χ3v) is 7.10. The van der Waals surface area contributed by atoms with Crippen LogP contribution in [0.25, 0.3) is 5.69 Å². The summed E-state index contributed by atoms with van der Waals surface area (Å²) < 4.78 is 4.70. The van der Waals surface area contributed by atoms with Crippen LogP contribution in [0.1, 0.15) is 24.1 Å². The number of hydrogen-bond donors (Lipinski definition) is 1. The Bertz CT molecular complexity index is 1180. The number of aromatic nitrogens is 6. The quantitative estimate of drug-likeness (QED) is 0.233. The molecular weight excluding hydrogens is 468 g/mol. The molecule has 10 heteroatoms. The highest BCUT2D eigenvalue weighted by Crippen LogP contribution is 2.25. The van der Waals surface area contributed by atoms with Gasteiger partial charge in [0, 0.05) is 23.0 Å². The summed E-state index contributed by atoms with van der Waals surface area (Å²) in [5.74, 6) is 4.17. The van der Waals surface area contributed by atoms with Crippen molar-refractivity contribution in [3.8, 4) is 5.69 Å². The van der Waals surface area contributed by atoms with Crippen LogP contribution in [0.5, 0.6) is 0 Å². The maximum Gasteiger partial charge on any atom is 0.199 e. The molecule has 31 heavy (non-hydrogen) atoms. The lowest BCUT2D eigenvalue weighted by Gasteiger charge is -2.08. The lowest BCUT2D eigenvalue weighted by Crippen LogP contribution is -2.04. The van der Waals surface area contributed by atoms with Crippen molar-refractivity contribution in [2.45, 2.75) is 35.9 Å². The van der Waals surface area contributed by atoms with Crippen LogP contribution in [0.3, 0.4) is 0 Å². The molecule has 6 nitrogen and oxygen atoms in total. The van der Waals surface area contributed by atoms with Gasteiger partial charge in [0.05, 0.1) is 11.5 Å². The Morgan fingerprint density at radius 1 is 0.968 bits per heavy atom. The molecule has 0 aliphatic heterocycles. The highest BCUT2D eigenvalue weighted by molar-refractivity contribution is 7.98. The molecule has 0 aliphatic rings. The van der Waals surface area contributed by atoms with Gasteiger partial charge in [-0.25, -0.2) is 0 Å². The van der Waals surface area contributed by atoms with Gasteiger partial charge in [-0.2, -0.15) is 5.10 Å². The normalized spacial score (nSPS) is 11.2. The molecule has 4 rings (SSSR count). The Morgan fingerprint density at radius 3 is 2.48 bits per heavy atom. The van der Waals surface area contributed by atoms with Gasteiger partial charge in [0.15, 0.2) is 9.93 Å². The van der Waals surface area contributed by atoms with Crippen LogP contribution in [-0.2, 0) is 23.8 Å². The lowest BCUT2D eigenvalue weighted by atomic mass is 10.2. The zero-order valence-corrected chi connectivity index (χ0v) is 20.1. The standard InChI is InChI=1S/C21H21ClN6S3/c1-2-27-18(13-30-12-15-8-10-16(22)11-9-15)23-26-21(27)31-14-19-24-25-20(29)28(19)17-6-4-3-5-7-17/h3-11H,2,12-14H2,1H3,(H,25,29). The molecule has 160 valence electrons. The van der Waals surface area contributed by atoms with Crippen molar-refractivity contribution >= 4 is 47.3 Å². The molecule has 0 aliphatic carbocycles. The van der Waals surface area contributed by atoms with Crippen LogP contribution in [0.2, 0.25) is 5.02 Å². The molecule has 0 spiro atoms. The topological polar surface area (TPSA) is 64.3 Å². The monoisotopic (exact) mass is 488 g/mol. The van der Waals surface area contributed by atoms with Crippen molar-refractivity contribution in [1.82, 2.24) is 29.5 Å². The summed E-state index contributed by atoms with van der Waals surface area (Å²) in [6, 6.07) is 18.0. The number of rotatable bonds is 9. The first-order valence-electron chi connectivity index (χ1n) is 9.74. The van der Waals surface area contributed by atoms with Gasteiger partial charge in [-0.1, -0.05) is 53.7 Å². The molecule has 1 N–H and O–H groups in total. The van der Waals surface area contributed by atoms with Crippen LogP contribution in [-0.4, -0.2) is 29.5 Å². The number of nitrogens with zero attached hydrogens (tertiary/aromatic N) is 5. The van der Waals surface area contributed by atoms with E-state index in [-0.39, 0.29) is 0 Å². The summed E-state index contributed by atoms with van der Waals surface area (Å²) in [7, 11) is 0. The number of hydrogen-bond acceptors (Lipinski definition) is 6. The second-order valence-corrected chi connectivity index (χ2v) is 9.42. The molecule has 2 aromatic heterocycles. The maximum absolute atomic E-state index is 5.96. The number of para-hydroxylation sites is 1.